The number of tetrazole rings is 1. The normalized spacial score (nSPS) is 14.8. The third-order valence-electron chi connectivity index (χ3n) is 3.35. The largest absolute Gasteiger partial charge is 0.323 e. The Morgan fingerprint density at radius 1 is 1.27 bits per heavy atom. The monoisotopic (exact) mass is 295 g/mol. The summed E-state index contributed by atoms with van der Waals surface area (Å²) in [5, 5.41) is 14.7. The summed E-state index contributed by atoms with van der Waals surface area (Å²) in [6.45, 7) is 1.90. The van der Waals surface area contributed by atoms with Gasteiger partial charge in [0.05, 0.1) is 6.04 Å². The molecule has 0 atom stereocenters. The van der Waals surface area contributed by atoms with Crippen LogP contribution < -0.4 is 5.32 Å². The van der Waals surface area contributed by atoms with Crippen molar-refractivity contribution in [3.63, 3.8) is 0 Å². The van der Waals surface area contributed by atoms with Crippen LogP contribution in [0.1, 0.15) is 25.8 Å². The van der Waals surface area contributed by atoms with Crippen molar-refractivity contribution in [1.29, 1.82) is 0 Å². The maximum atomic E-state index is 11.7. The number of nitrogens with zero attached hydrogens (tertiary/aromatic N) is 4. The number of hydrogen-bond acceptors (Lipinski definition) is 4. The maximum Gasteiger partial charge on any atom is 0.248 e. The fourth-order valence-corrected chi connectivity index (χ4v) is 2.09. The van der Waals surface area contributed by atoms with Gasteiger partial charge in [-0.2, -0.15) is 0 Å². The number of benzene rings is 1. The minimum Gasteiger partial charge on any atom is -0.323 e. The molecule has 1 heterocycles. The molecule has 0 saturated heterocycles. The van der Waals surface area contributed by atoms with Crippen LogP contribution in [0.15, 0.2) is 48.6 Å². The average molecular weight is 295 g/mol. The molecular weight excluding hydrogens is 278 g/mol. The topological polar surface area (TPSA) is 72.7 Å². The Morgan fingerprint density at radius 3 is 2.73 bits per heavy atom. The van der Waals surface area contributed by atoms with Crippen molar-refractivity contribution in [1.82, 2.24) is 20.2 Å². The summed E-state index contributed by atoms with van der Waals surface area (Å²) in [7, 11) is 0. The number of amides is 1. The Morgan fingerprint density at radius 2 is 2.05 bits per heavy atom. The molecule has 0 spiro atoms. The van der Waals surface area contributed by atoms with Crippen molar-refractivity contribution in [2.24, 2.45) is 0 Å². The number of nitrogens with one attached hydrogen (secondary N) is 1. The Balaban J connectivity index is 1.70. The van der Waals surface area contributed by atoms with Crippen molar-refractivity contribution < 1.29 is 4.79 Å². The Hall–Kier alpha value is -2.76. The van der Waals surface area contributed by atoms with Crippen molar-refractivity contribution in [2.45, 2.75) is 25.8 Å². The zero-order chi connectivity index (χ0) is 15.4. The van der Waals surface area contributed by atoms with Gasteiger partial charge >= 0.3 is 0 Å². The molecule has 2 aromatic rings. The van der Waals surface area contributed by atoms with Gasteiger partial charge < -0.3 is 5.32 Å². The molecule has 1 aromatic heterocycles. The molecule has 1 aromatic carbocycles. The van der Waals surface area contributed by atoms with Crippen LogP contribution in [-0.4, -0.2) is 26.1 Å². The molecule has 1 N–H and O–H groups in total. The number of hydrogen-bond donors (Lipinski definition) is 1. The van der Waals surface area contributed by atoms with Gasteiger partial charge in [-0.05, 0) is 54.5 Å². The molecule has 22 heavy (non-hydrogen) atoms. The van der Waals surface area contributed by atoms with E-state index in [-0.39, 0.29) is 5.91 Å². The predicted octanol–water partition coefficient (Wildman–Crippen LogP) is 2.75. The van der Waals surface area contributed by atoms with E-state index in [4.69, 9.17) is 0 Å². The molecule has 6 heteroatoms. The molecule has 6 nitrogen and oxygen atoms in total. The summed E-state index contributed by atoms with van der Waals surface area (Å²) in [5.41, 5.74) is 1.68. The molecular formula is C16H17N5O. The summed E-state index contributed by atoms with van der Waals surface area (Å²) < 4.78 is 1.87. The molecule has 1 aliphatic carbocycles. The first-order chi connectivity index (χ1) is 10.8. The third-order valence-corrected chi connectivity index (χ3v) is 3.35. The fourth-order valence-electron chi connectivity index (χ4n) is 2.09. The minimum absolute atomic E-state index is 0.159. The van der Waals surface area contributed by atoms with Crippen molar-refractivity contribution in [3.05, 3.63) is 48.6 Å². The van der Waals surface area contributed by atoms with Gasteiger partial charge in [0.25, 0.3) is 0 Å². The first kappa shape index (κ1) is 14.2. The highest BCUT2D eigenvalue weighted by molar-refractivity contribution is 5.99. The maximum absolute atomic E-state index is 11.7. The van der Waals surface area contributed by atoms with Crippen molar-refractivity contribution in [2.75, 3.05) is 5.32 Å². The van der Waals surface area contributed by atoms with Crippen molar-refractivity contribution >= 4 is 11.6 Å². The molecule has 0 unspecified atom stereocenters. The van der Waals surface area contributed by atoms with Crippen LogP contribution in [-0.2, 0) is 4.79 Å². The summed E-state index contributed by atoms with van der Waals surface area (Å²) in [5.74, 6) is 0.613. The highest BCUT2D eigenvalue weighted by Crippen LogP contribution is 2.36. The van der Waals surface area contributed by atoms with Crippen LogP contribution in [0.25, 0.3) is 11.4 Å². The highest BCUT2D eigenvalue weighted by Gasteiger charge is 2.28. The Labute approximate surface area is 128 Å². The first-order valence-corrected chi connectivity index (χ1v) is 7.26. The zero-order valence-corrected chi connectivity index (χ0v) is 12.3. The lowest BCUT2D eigenvalue weighted by molar-refractivity contribution is -0.111. The number of rotatable bonds is 5. The zero-order valence-electron chi connectivity index (χ0n) is 12.3. The van der Waals surface area contributed by atoms with E-state index in [9.17, 15) is 4.79 Å². The smallest absolute Gasteiger partial charge is 0.248 e. The van der Waals surface area contributed by atoms with E-state index in [1.165, 1.54) is 6.08 Å². The van der Waals surface area contributed by atoms with Crippen LogP contribution in [0.2, 0.25) is 0 Å². The van der Waals surface area contributed by atoms with Crippen molar-refractivity contribution in [3.8, 4) is 11.4 Å². The summed E-state index contributed by atoms with van der Waals surface area (Å²) >= 11 is 0. The molecule has 1 fully saturated rings. The van der Waals surface area contributed by atoms with Gasteiger partial charge in [0.15, 0.2) is 5.82 Å². The summed E-state index contributed by atoms with van der Waals surface area (Å²) in [4.78, 5) is 11.7. The Kier molecular flexibility index (Phi) is 4.09. The lowest BCUT2D eigenvalue weighted by atomic mass is 10.2. The lowest BCUT2D eigenvalue weighted by Gasteiger charge is -2.05. The van der Waals surface area contributed by atoms with Crippen LogP contribution in [0, 0.1) is 0 Å². The first-order valence-electron chi connectivity index (χ1n) is 7.26. The molecule has 1 amide bonds. The van der Waals surface area contributed by atoms with Gasteiger partial charge in [-0.25, -0.2) is 4.68 Å². The second-order valence-corrected chi connectivity index (χ2v) is 5.13. The highest BCUT2D eigenvalue weighted by atomic mass is 16.1. The lowest BCUT2D eigenvalue weighted by Crippen LogP contribution is -2.07. The number of allylic oxidation sites excluding steroid dienone is 3. The van der Waals surface area contributed by atoms with E-state index in [1.807, 2.05) is 41.9 Å². The molecule has 0 aliphatic heterocycles. The molecule has 1 aliphatic rings. The van der Waals surface area contributed by atoms with E-state index in [0.29, 0.717) is 6.04 Å². The second-order valence-electron chi connectivity index (χ2n) is 5.13. The fraction of sp³-hybridized carbons (Fsp3) is 0.250. The van der Waals surface area contributed by atoms with Gasteiger partial charge in [-0.15, -0.1) is 5.10 Å². The van der Waals surface area contributed by atoms with Gasteiger partial charge in [-0.1, -0.05) is 18.2 Å². The second kappa shape index (κ2) is 6.34. The third kappa shape index (κ3) is 3.28. The molecule has 0 bridgehead atoms. The van der Waals surface area contributed by atoms with Gasteiger partial charge in [0, 0.05) is 17.3 Å². The molecule has 112 valence electrons. The van der Waals surface area contributed by atoms with Gasteiger partial charge in [0.1, 0.15) is 0 Å². The molecule has 3 rings (SSSR count). The Bertz CT molecular complexity index is 710. The number of aromatic nitrogens is 4. The van der Waals surface area contributed by atoms with E-state index in [0.717, 1.165) is 29.9 Å². The number of carbonyl (C=O) groups is 1. The standard InChI is InChI=1S/C16H17N5O/c1-2-3-4-5-15(22)17-13-8-6-12(7-9-13)16-18-19-20-21(16)14-10-11-14/h2-9,14H,10-11H2,1H3,(H,17,22)/b3-2+,5-4+. The summed E-state index contributed by atoms with van der Waals surface area (Å²) in [6, 6.07) is 7.96. The number of anilines is 1. The molecule has 1 saturated carbocycles. The average Bonchev–Trinajstić information content (AvgIpc) is 3.26. The van der Waals surface area contributed by atoms with Crippen LogP contribution in [0.5, 0.6) is 0 Å². The minimum atomic E-state index is -0.159. The van der Waals surface area contributed by atoms with E-state index >= 15 is 0 Å². The van der Waals surface area contributed by atoms with E-state index in [2.05, 4.69) is 20.8 Å². The SMILES string of the molecule is C/C=C/C=C/C(=O)Nc1ccc(-c2nnnn2C2CC2)cc1. The van der Waals surface area contributed by atoms with E-state index in [1.54, 1.807) is 12.2 Å². The van der Waals surface area contributed by atoms with Crippen LogP contribution in [0.4, 0.5) is 5.69 Å². The quantitative estimate of drug-likeness (QED) is 0.680. The van der Waals surface area contributed by atoms with E-state index < -0.39 is 0 Å². The number of carbonyl (C=O) groups excluding carboxylic acids is 1. The summed E-state index contributed by atoms with van der Waals surface area (Å²) in [6.07, 6.45) is 9.12. The molecule has 0 radical (unpaired) electrons. The van der Waals surface area contributed by atoms with Gasteiger partial charge in [0.2, 0.25) is 5.91 Å². The van der Waals surface area contributed by atoms with Crippen LogP contribution in [0.3, 0.4) is 0 Å². The van der Waals surface area contributed by atoms with Gasteiger partial charge in [-0.3, -0.25) is 4.79 Å². The van der Waals surface area contributed by atoms with Crippen LogP contribution >= 0.6 is 0 Å². The predicted molar refractivity (Wildman–Crippen MR) is 84.1 cm³/mol.